The van der Waals surface area contributed by atoms with E-state index in [0.717, 1.165) is 31.2 Å². The number of nitrogens with one attached hydrogen (secondary N) is 1. The molecule has 1 amide bonds. The van der Waals surface area contributed by atoms with Crippen molar-refractivity contribution in [2.75, 3.05) is 6.54 Å². The molecule has 0 radical (unpaired) electrons. The lowest BCUT2D eigenvalue weighted by molar-refractivity contribution is -0.122. The van der Waals surface area contributed by atoms with Gasteiger partial charge in [0, 0.05) is 13.0 Å². The maximum atomic E-state index is 12.0. The number of rotatable bonds is 5. The number of amides is 1. The third-order valence-electron chi connectivity index (χ3n) is 5.49. The molecule has 3 aliphatic carbocycles. The third-order valence-corrected chi connectivity index (χ3v) is 5.49. The van der Waals surface area contributed by atoms with Crippen LogP contribution in [-0.2, 0) is 4.79 Å². The van der Waals surface area contributed by atoms with Gasteiger partial charge in [-0.1, -0.05) is 18.1 Å². The molecular formula is C17H27NO. The second-order valence-corrected chi connectivity index (χ2v) is 6.85. The first-order chi connectivity index (χ1) is 9.31. The van der Waals surface area contributed by atoms with Crippen LogP contribution in [0.5, 0.6) is 0 Å². The Bertz CT molecular complexity index is 360. The molecule has 106 valence electrons. The first-order valence-corrected chi connectivity index (χ1v) is 8.26. The van der Waals surface area contributed by atoms with Gasteiger partial charge in [0.1, 0.15) is 0 Å². The molecule has 3 unspecified atom stereocenters. The Morgan fingerprint density at radius 3 is 2.89 bits per heavy atom. The summed E-state index contributed by atoms with van der Waals surface area (Å²) in [6.45, 7) is 0.853. The molecule has 0 aliphatic heterocycles. The second kappa shape index (κ2) is 6.11. The first-order valence-electron chi connectivity index (χ1n) is 8.26. The van der Waals surface area contributed by atoms with Crippen molar-refractivity contribution in [2.45, 2.75) is 64.2 Å². The average Bonchev–Trinajstić information content (AvgIpc) is 3.02. The Labute approximate surface area is 117 Å². The zero-order valence-electron chi connectivity index (χ0n) is 12.0. The molecule has 2 nitrogen and oxygen atoms in total. The first kappa shape index (κ1) is 13.2. The van der Waals surface area contributed by atoms with Crippen LogP contribution >= 0.6 is 0 Å². The maximum absolute atomic E-state index is 12.0. The van der Waals surface area contributed by atoms with Crippen molar-refractivity contribution in [2.24, 2.45) is 17.8 Å². The molecular weight excluding hydrogens is 234 g/mol. The van der Waals surface area contributed by atoms with Crippen LogP contribution in [0.4, 0.5) is 0 Å². The molecule has 19 heavy (non-hydrogen) atoms. The van der Waals surface area contributed by atoms with Crippen LogP contribution in [0.1, 0.15) is 64.2 Å². The molecule has 2 saturated carbocycles. The van der Waals surface area contributed by atoms with Gasteiger partial charge < -0.3 is 5.32 Å². The lowest BCUT2D eigenvalue weighted by atomic mass is 9.86. The summed E-state index contributed by atoms with van der Waals surface area (Å²) >= 11 is 0. The van der Waals surface area contributed by atoms with E-state index >= 15 is 0 Å². The highest BCUT2D eigenvalue weighted by Crippen LogP contribution is 2.49. The van der Waals surface area contributed by atoms with Crippen LogP contribution in [-0.4, -0.2) is 12.5 Å². The van der Waals surface area contributed by atoms with E-state index in [0.29, 0.717) is 11.8 Å². The Morgan fingerprint density at radius 1 is 1.26 bits per heavy atom. The lowest BCUT2D eigenvalue weighted by Crippen LogP contribution is -2.28. The normalized spacial score (nSPS) is 33.3. The fourth-order valence-corrected chi connectivity index (χ4v) is 4.43. The molecule has 3 aliphatic rings. The highest BCUT2D eigenvalue weighted by Gasteiger charge is 2.39. The molecule has 2 fully saturated rings. The van der Waals surface area contributed by atoms with Crippen LogP contribution in [0.3, 0.4) is 0 Å². The Balaban J connectivity index is 1.34. The molecule has 2 heteroatoms. The maximum Gasteiger partial charge on any atom is 0.220 e. The van der Waals surface area contributed by atoms with Crippen LogP contribution in [0, 0.1) is 17.8 Å². The molecule has 3 atom stereocenters. The molecule has 3 rings (SSSR count). The number of carbonyl (C=O) groups is 1. The van der Waals surface area contributed by atoms with Crippen LogP contribution in [0.15, 0.2) is 11.6 Å². The summed E-state index contributed by atoms with van der Waals surface area (Å²) in [4.78, 5) is 12.0. The highest BCUT2D eigenvalue weighted by atomic mass is 16.1. The van der Waals surface area contributed by atoms with Gasteiger partial charge in [-0.15, -0.1) is 0 Å². The van der Waals surface area contributed by atoms with Gasteiger partial charge in [-0.3, -0.25) is 4.79 Å². The monoisotopic (exact) mass is 261 g/mol. The number of carbonyl (C=O) groups excluding carboxylic acids is 1. The summed E-state index contributed by atoms with van der Waals surface area (Å²) < 4.78 is 0. The van der Waals surface area contributed by atoms with E-state index in [2.05, 4.69) is 11.4 Å². The molecule has 1 N–H and O–H groups in total. The standard InChI is InChI=1S/C17H27NO/c19-17(12-16-11-14-6-7-15(16)10-14)18-9-8-13-4-2-1-3-5-13/h4,14-16H,1-3,5-12H2,(H,18,19). The smallest absolute Gasteiger partial charge is 0.220 e. The van der Waals surface area contributed by atoms with Crippen molar-refractivity contribution < 1.29 is 4.79 Å². The highest BCUT2D eigenvalue weighted by molar-refractivity contribution is 5.76. The van der Waals surface area contributed by atoms with Crippen LogP contribution in [0.25, 0.3) is 0 Å². The topological polar surface area (TPSA) is 29.1 Å². The van der Waals surface area contributed by atoms with Crippen molar-refractivity contribution in [3.63, 3.8) is 0 Å². The summed E-state index contributed by atoms with van der Waals surface area (Å²) in [5, 5.41) is 3.14. The van der Waals surface area contributed by atoms with Crippen molar-refractivity contribution in [1.29, 1.82) is 0 Å². The van der Waals surface area contributed by atoms with Gasteiger partial charge in [-0.05, 0) is 69.1 Å². The van der Waals surface area contributed by atoms with Crippen molar-refractivity contribution >= 4 is 5.91 Å². The quantitative estimate of drug-likeness (QED) is 0.749. The third kappa shape index (κ3) is 3.40. The minimum absolute atomic E-state index is 0.300. The van der Waals surface area contributed by atoms with E-state index < -0.39 is 0 Å². The van der Waals surface area contributed by atoms with Gasteiger partial charge >= 0.3 is 0 Å². The number of hydrogen-bond acceptors (Lipinski definition) is 1. The van der Waals surface area contributed by atoms with Crippen molar-refractivity contribution in [3.8, 4) is 0 Å². The van der Waals surface area contributed by atoms with Gasteiger partial charge in [0.25, 0.3) is 0 Å². The zero-order valence-corrected chi connectivity index (χ0v) is 12.0. The molecule has 0 aromatic carbocycles. The Kier molecular flexibility index (Phi) is 4.24. The van der Waals surface area contributed by atoms with Gasteiger partial charge in [-0.25, -0.2) is 0 Å². The molecule has 0 spiro atoms. The largest absolute Gasteiger partial charge is 0.356 e. The number of allylic oxidation sites excluding steroid dienone is 1. The van der Waals surface area contributed by atoms with Crippen LogP contribution < -0.4 is 5.32 Å². The molecule has 0 aromatic heterocycles. The van der Waals surface area contributed by atoms with Crippen molar-refractivity contribution in [3.05, 3.63) is 11.6 Å². The summed E-state index contributed by atoms with van der Waals surface area (Å²) in [6.07, 6.45) is 15.0. The van der Waals surface area contributed by atoms with Crippen LogP contribution in [0.2, 0.25) is 0 Å². The molecule has 0 aromatic rings. The second-order valence-electron chi connectivity index (χ2n) is 6.85. The van der Waals surface area contributed by atoms with E-state index in [1.807, 2.05) is 0 Å². The average molecular weight is 261 g/mol. The number of hydrogen-bond donors (Lipinski definition) is 1. The number of fused-ring (bicyclic) bond motifs is 2. The van der Waals surface area contributed by atoms with Gasteiger partial charge in [0.05, 0.1) is 0 Å². The van der Waals surface area contributed by atoms with E-state index in [-0.39, 0.29) is 0 Å². The SMILES string of the molecule is O=C(CC1CC2CCC1C2)NCCC1=CCCCC1. The molecule has 2 bridgehead atoms. The minimum atomic E-state index is 0.300. The van der Waals surface area contributed by atoms with E-state index in [1.165, 1.54) is 51.4 Å². The van der Waals surface area contributed by atoms with E-state index in [1.54, 1.807) is 5.57 Å². The molecule has 0 heterocycles. The van der Waals surface area contributed by atoms with Crippen molar-refractivity contribution in [1.82, 2.24) is 5.32 Å². The van der Waals surface area contributed by atoms with Gasteiger partial charge in [-0.2, -0.15) is 0 Å². The summed E-state index contributed by atoms with van der Waals surface area (Å²) in [7, 11) is 0. The fraction of sp³-hybridized carbons (Fsp3) is 0.824. The fourth-order valence-electron chi connectivity index (χ4n) is 4.43. The Hall–Kier alpha value is -0.790. The summed E-state index contributed by atoms with van der Waals surface area (Å²) in [6, 6.07) is 0. The van der Waals surface area contributed by atoms with Gasteiger partial charge in [0.15, 0.2) is 0 Å². The summed E-state index contributed by atoms with van der Waals surface area (Å²) in [5.74, 6) is 2.83. The Morgan fingerprint density at radius 2 is 2.21 bits per heavy atom. The molecule has 0 saturated heterocycles. The lowest BCUT2D eigenvalue weighted by Gasteiger charge is -2.21. The van der Waals surface area contributed by atoms with E-state index in [4.69, 9.17) is 0 Å². The summed E-state index contributed by atoms with van der Waals surface area (Å²) in [5.41, 5.74) is 1.56. The minimum Gasteiger partial charge on any atom is -0.356 e. The zero-order chi connectivity index (χ0) is 13.1. The van der Waals surface area contributed by atoms with Gasteiger partial charge in [0.2, 0.25) is 5.91 Å². The predicted molar refractivity (Wildman–Crippen MR) is 77.7 cm³/mol. The predicted octanol–water partition coefficient (Wildman–Crippen LogP) is 3.82. The van der Waals surface area contributed by atoms with E-state index in [9.17, 15) is 4.79 Å².